The maximum absolute atomic E-state index is 13.1. The quantitative estimate of drug-likeness (QED) is 0.639. The lowest BCUT2D eigenvalue weighted by molar-refractivity contribution is -0.238. The van der Waals surface area contributed by atoms with Gasteiger partial charge in [0.15, 0.2) is 5.79 Å². The molecule has 1 aliphatic carbocycles. The third kappa shape index (κ3) is 2.61. The zero-order valence-corrected chi connectivity index (χ0v) is 18.8. The minimum Gasteiger partial charge on any atom is -0.472 e. The van der Waals surface area contributed by atoms with Gasteiger partial charge in [0.05, 0.1) is 24.2 Å². The van der Waals surface area contributed by atoms with E-state index in [1.54, 1.807) is 12.5 Å². The van der Waals surface area contributed by atoms with Gasteiger partial charge in [-0.2, -0.15) is 0 Å². The fourth-order valence-corrected chi connectivity index (χ4v) is 6.89. The molecule has 1 aromatic heterocycles. The molecule has 6 atom stereocenters. The van der Waals surface area contributed by atoms with Crippen molar-refractivity contribution < 1.29 is 33.0 Å². The van der Waals surface area contributed by atoms with E-state index in [9.17, 15) is 9.59 Å². The van der Waals surface area contributed by atoms with E-state index < -0.39 is 22.4 Å². The van der Waals surface area contributed by atoms with Gasteiger partial charge >= 0.3 is 11.9 Å². The summed E-state index contributed by atoms with van der Waals surface area (Å²) in [6.45, 7) is 8.06. The summed E-state index contributed by atoms with van der Waals surface area (Å²) in [6.07, 6.45) is 8.72. The summed E-state index contributed by atoms with van der Waals surface area (Å²) in [5, 5.41) is 0. The molecule has 32 heavy (non-hydrogen) atoms. The number of ether oxygens (including phenoxy) is 4. The Morgan fingerprint density at radius 3 is 2.62 bits per heavy atom. The molecule has 1 aromatic rings. The Morgan fingerprint density at radius 2 is 1.94 bits per heavy atom. The third-order valence-corrected chi connectivity index (χ3v) is 8.24. The summed E-state index contributed by atoms with van der Waals surface area (Å²) in [7, 11) is 0. The first kappa shape index (κ1) is 20.2. The molecule has 4 aliphatic heterocycles. The van der Waals surface area contributed by atoms with Crippen LogP contribution in [0.15, 0.2) is 46.3 Å². The third-order valence-electron chi connectivity index (χ3n) is 8.24. The van der Waals surface area contributed by atoms with Crippen LogP contribution < -0.4 is 0 Å². The van der Waals surface area contributed by atoms with Gasteiger partial charge in [-0.1, -0.05) is 6.92 Å². The SMILES string of the molecule is CC1(C)OC2(CC3=C4C(=O)OC(c5ccoc5)C4(C)CCC3O2)CC1C1(C)C=CC(=O)O1. The summed E-state index contributed by atoms with van der Waals surface area (Å²) in [5.74, 6) is -1.52. The average Bonchev–Trinajstić information content (AvgIpc) is 3.48. The van der Waals surface area contributed by atoms with Crippen molar-refractivity contribution in [3.05, 3.63) is 47.5 Å². The second-order valence-electron chi connectivity index (χ2n) is 10.8. The lowest BCUT2D eigenvalue weighted by Crippen LogP contribution is -2.44. The van der Waals surface area contributed by atoms with Crippen LogP contribution in [-0.4, -0.2) is 35.0 Å². The molecule has 6 rings (SSSR count). The largest absolute Gasteiger partial charge is 0.472 e. The molecule has 6 unspecified atom stereocenters. The lowest BCUT2D eigenvalue weighted by atomic mass is 9.67. The van der Waals surface area contributed by atoms with Crippen molar-refractivity contribution in [1.29, 1.82) is 0 Å². The Bertz CT molecular complexity index is 1070. The first-order valence-electron chi connectivity index (χ1n) is 11.3. The standard InChI is InChI=1S/C25H28O7/c1-22(2)17(24(4)9-6-18(26)31-24)12-25(32-22)11-15-16(30-25)5-8-23(3)19(15)21(27)29-20(23)14-7-10-28-13-14/h6-7,9-10,13,16-17,20H,5,8,11-12H2,1-4H3. The molecule has 0 saturated carbocycles. The van der Waals surface area contributed by atoms with Crippen molar-refractivity contribution in [3.63, 3.8) is 0 Å². The average molecular weight is 440 g/mol. The van der Waals surface area contributed by atoms with E-state index in [2.05, 4.69) is 6.92 Å². The summed E-state index contributed by atoms with van der Waals surface area (Å²) in [5.41, 5.74) is 0.873. The molecule has 5 heterocycles. The second-order valence-corrected chi connectivity index (χ2v) is 10.8. The van der Waals surface area contributed by atoms with Crippen LogP contribution in [0.2, 0.25) is 0 Å². The molecular formula is C25H28O7. The Kier molecular flexibility index (Phi) is 3.89. The number of rotatable bonds is 2. The molecule has 0 aromatic carbocycles. The summed E-state index contributed by atoms with van der Waals surface area (Å²) in [4.78, 5) is 24.9. The lowest BCUT2D eigenvalue weighted by Gasteiger charge is -2.36. The minimum absolute atomic E-state index is 0.0796. The highest BCUT2D eigenvalue weighted by Gasteiger charge is 2.65. The number of furan rings is 1. The highest BCUT2D eigenvalue weighted by atomic mass is 16.7. The van der Waals surface area contributed by atoms with E-state index in [1.807, 2.05) is 32.9 Å². The number of hydrogen-bond donors (Lipinski definition) is 0. The van der Waals surface area contributed by atoms with Crippen molar-refractivity contribution in [2.24, 2.45) is 11.3 Å². The maximum atomic E-state index is 13.1. The van der Waals surface area contributed by atoms with Crippen LogP contribution in [0.1, 0.15) is 65.0 Å². The van der Waals surface area contributed by atoms with E-state index in [4.69, 9.17) is 23.4 Å². The number of esters is 2. The predicted molar refractivity (Wildman–Crippen MR) is 111 cm³/mol. The maximum Gasteiger partial charge on any atom is 0.335 e. The fraction of sp³-hybridized carbons (Fsp3) is 0.600. The van der Waals surface area contributed by atoms with Gasteiger partial charge in [0.2, 0.25) is 0 Å². The van der Waals surface area contributed by atoms with Gasteiger partial charge in [0, 0.05) is 41.4 Å². The number of fused-ring (bicyclic) bond motifs is 2. The molecule has 7 heteroatoms. The van der Waals surface area contributed by atoms with Crippen LogP contribution in [0.25, 0.3) is 0 Å². The molecule has 5 aliphatic rings. The van der Waals surface area contributed by atoms with Gasteiger partial charge in [-0.15, -0.1) is 0 Å². The van der Waals surface area contributed by atoms with Crippen LogP contribution in [0.5, 0.6) is 0 Å². The van der Waals surface area contributed by atoms with E-state index in [0.717, 1.165) is 29.6 Å². The van der Waals surface area contributed by atoms with Gasteiger partial charge in [0.25, 0.3) is 0 Å². The molecule has 0 bridgehead atoms. The number of hydrogen-bond acceptors (Lipinski definition) is 7. The van der Waals surface area contributed by atoms with Gasteiger partial charge in [-0.05, 0) is 51.3 Å². The Labute approximate surface area is 186 Å². The molecule has 3 saturated heterocycles. The van der Waals surface area contributed by atoms with Crippen molar-refractivity contribution in [3.8, 4) is 0 Å². The first-order valence-corrected chi connectivity index (χ1v) is 11.3. The van der Waals surface area contributed by atoms with Crippen molar-refractivity contribution in [1.82, 2.24) is 0 Å². The van der Waals surface area contributed by atoms with Crippen molar-refractivity contribution in [2.75, 3.05) is 0 Å². The van der Waals surface area contributed by atoms with E-state index in [0.29, 0.717) is 12.8 Å². The van der Waals surface area contributed by atoms with Gasteiger partial charge in [-0.25, -0.2) is 9.59 Å². The zero-order chi connectivity index (χ0) is 22.5. The molecule has 1 spiro atoms. The van der Waals surface area contributed by atoms with Crippen LogP contribution in [0.3, 0.4) is 0 Å². The first-order chi connectivity index (χ1) is 15.1. The predicted octanol–water partition coefficient (Wildman–Crippen LogP) is 4.15. The molecule has 0 amide bonds. The van der Waals surface area contributed by atoms with E-state index in [1.165, 1.54) is 6.08 Å². The normalized spacial score (nSPS) is 44.2. The van der Waals surface area contributed by atoms with Gasteiger partial charge < -0.3 is 23.4 Å². The Morgan fingerprint density at radius 1 is 1.12 bits per heavy atom. The molecular weight excluding hydrogens is 412 g/mol. The van der Waals surface area contributed by atoms with Crippen LogP contribution >= 0.6 is 0 Å². The number of carbonyl (C=O) groups excluding carboxylic acids is 2. The van der Waals surface area contributed by atoms with Crippen molar-refractivity contribution >= 4 is 11.9 Å². The topological polar surface area (TPSA) is 84.2 Å². The van der Waals surface area contributed by atoms with Crippen LogP contribution in [-0.2, 0) is 28.5 Å². The van der Waals surface area contributed by atoms with Crippen molar-refractivity contribution in [2.45, 2.75) is 82.6 Å². The highest BCUT2D eigenvalue weighted by molar-refractivity contribution is 5.94. The fourth-order valence-electron chi connectivity index (χ4n) is 6.89. The zero-order valence-electron chi connectivity index (χ0n) is 18.8. The summed E-state index contributed by atoms with van der Waals surface area (Å²) < 4.78 is 29.9. The molecule has 3 fully saturated rings. The minimum atomic E-state index is -0.841. The molecule has 7 nitrogen and oxygen atoms in total. The number of cyclic esters (lactones) is 2. The van der Waals surface area contributed by atoms with Crippen LogP contribution in [0, 0.1) is 11.3 Å². The Hall–Kier alpha value is -2.38. The number of carbonyl (C=O) groups is 2. The molecule has 0 N–H and O–H groups in total. The Balaban J connectivity index is 1.35. The van der Waals surface area contributed by atoms with Crippen LogP contribution in [0.4, 0.5) is 0 Å². The van der Waals surface area contributed by atoms with Gasteiger partial charge in [0.1, 0.15) is 11.7 Å². The van der Waals surface area contributed by atoms with Gasteiger partial charge in [-0.3, -0.25) is 0 Å². The molecule has 0 radical (unpaired) electrons. The summed E-state index contributed by atoms with van der Waals surface area (Å²) >= 11 is 0. The highest BCUT2D eigenvalue weighted by Crippen LogP contribution is 2.62. The summed E-state index contributed by atoms with van der Waals surface area (Å²) in [6, 6.07) is 1.86. The second kappa shape index (κ2) is 6.14. The molecule has 170 valence electrons. The monoisotopic (exact) mass is 440 g/mol. The van der Waals surface area contributed by atoms with E-state index in [-0.39, 0.29) is 30.1 Å². The smallest absolute Gasteiger partial charge is 0.335 e. The van der Waals surface area contributed by atoms with E-state index >= 15 is 0 Å².